The molecule has 2 aromatic carbocycles. The van der Waals surface area contributed by atoms with Gasteiger partial charge >= 0.3 is 6.18 Å². The number of rotatable bonds is 5. The van der Waals surface area contributed by atoms with Gasteiger partial charge in [0, 0.05) is 25.2 Å². The van der Waals surface area contributed by atoms with Crippen molar-refractivity contribution in [2.24, 2.45) is 10.7 Å². The fourth-order valence-corrected chi connectivity index (χ4v) is 2.99. The van der Waals surface area contributed by atoms with E-state index in [0.29, 0.717) is 18.9 Å². The number of nitrogens with zero attached hydrogens (tertiary/aromatic N) is 2. The molecule has 3 nitrogen and oxygen atoms in total. The average Bonchev–Trinajstić information content (AvgIpc) is 3.00. The minimum Gasteiger partial charge on any atom is -0.387 e. The Balaban J connectivity index is 1.82. The fraction of sp³-hybridized carbons (Fsp3) is 0.316. The number of hydrogen-bond donors (Lipinski definition) is 1. The molecule has 1 aliphatic rings. The summed E-state index contributed by atoms with van der Waals surface area (Å²) in [5.41, 5.74) is 6.97. The van der Waals surface area contributed by atoms with Gasteiger partial charge in [-0.15, -0.1) is 0 Å². The number of benzene rings is 2. The first-order valence-electron chi connectivity index (χ1n) is 8.20. The largest absolute Gasteiger partial charge is 0.416 e. The van der Waals surface area contributed by atoms with Crippen molar-refractivity contribution in [2.45, 2.75) is 31.6 Å². The molecular weight excluding hydrogens is 327 g/mol. The van der Waals surface area contributed by atoms with Crippen molar-refractivity contribution in [1.29, 1.82) is 0 Å². The Morgan fingerprint density at radius 1 is 1.04 bits per heavy atom. The molecule has 25 heavy (non-hydrogen) atoms. The number of hydrogen-bond acceptors (Lipinski definition) is 3. The van der Waals surface area contributed by atoms with Crippen molar-refractivity contribution in [3.05, 3.63) is 65.7 Å². The van der Waals surface area contributed by atoms with Gasteiger partial charge in [0.1, 0.15) is 0 Å². The van der Waals surface area contributed by atoms with Gasteiger partial charge in [-0.1, -0.05) is 30.3 Å². The molecule has 1 aliphatic heterocycles. The highest BCUT2D eigenvalue weighted by Crippen LogP contribution is 2.31. The van der Waals surface area contributed by atoms with Crippen LogP contribution >= 0.6 is 0 Å². The molecule has 2 N–H and O–H groups in total. The number of aliphatic imine (C=N–C) groups is 1. The van der Waals surface area contributed by atoms with Crippen LogP contribution in [-0.4, -0.2) is 18.4 Å². The van der Waals surface area contributed by atoms with E-state index in [1.54, 1.807) is 0 Å². The quantitative estimate of drug-likeness (QED) is 0.879. The molecule has 0 spiro atoms. The van der Waals surface area contributed by atoms with Crippen LogP contribution in [0.1, 0.15) is 24.0 Å². The summed E-state index contributed by atoms with van der Waals surface area (Å²) in [5.74, 6) is 0.650. The summed E-state index contributed by atoms with van der Waals surface area (Å²) in [4.78, 5) is 6.48. The van der Waals surface area contributed by atoms with Crippen LogP contribution in [0.15, 0.2) is 59.6 Å². The van der Waals surface area contributed by atoms with Crippen molar-refractivity contribution >= 4 is 11.5 Å². The van der Waals surface area contributed by atoms with E-state index in [0.717, 1.165) is 36.2 Å². The minimum absolute atomic E-state index is 0.0750. The van der Waals surface area contributed by atoms with Crippen LogP contribution < -0.4 is 10.6 Å². The van der Waals surface area contributed by atoms with E-state index in [4.69, 9.17) is 5.73 Å². The molecule has 1 atom stereocenters. The summed E-state index contributed by atoms with van der Waals surface area (Å²) in [7, 11) is 0. The second kappa shape index (κ2) is 7.17. The summed E-state index contributed by atoms with van der Waals surface area (Å²) in [6.07, 6.45) is -2.68. The van der Waals surface area contributed by atoms with Gasteiger partial charge in [-0.3, -0.25) is 4.99 Å². The lowest BCUT2D eigenvalue weighted by Gasteiger charge is -2.27. The Bertz CT molecular complexity index is 724. The van der Waals surface area contributed by atoms with Crippen LogP contribution in [-0.2, 0) is 12.7 Å². The summed E-state index contributed by atoms with van der Waals surface area (Å²) >= 11 is 0. The fourth-order valence-electron chi connectivity index (χ4n) is 2.99. The second-order valence-electron chi connectivity index (χ2n) is 6.22. The molecule has 0 unspecified atom stereocenters. The highest BCUT2D eigenvalue weighted by atomic mass is 19.4. The molecule has 1 heterocycles. The maximum atomic E-state index is 12.8. The van der Waals surface area contributed by atoms with E-state index in [1.807, 2.05) is 30.3 Å². The zero-order chi connectivity index (χ0) is 17.9. The number of nitrogens with two attached hydrogens (primary N) is 1. The Labute approximate surface area is 145 Å². The lowest BCUT2D eigenvalue weighted by molar-refractivity contribution is -0.137. The van der Waals surface area contributed by atoms with Crippen LogP contribution in [0.25, 0.3) is 0 Å². The van der Waals surface area contributed by atoms with E-state index < -0.39 is 11.7 Å². The smallest absolute Gasteiger partial charge is 0.387 e. The summed E-state index contributed by atoms with van der Waals surface area (Å²) in [6.45, 7) is 1.24. The van der Waals surface area contributed by atoms with Gasteiger partial charge in [0.15, 0.2) is 0 Å². The van der Waals surface area contributed by atoms with Gasteiger partial charge in [-0.05, 0) is 36.2 Å². The minimum atomic E-state index is -4.33. The van der Waals surface area contributed by atoms with Gasteiger partial charge in [-0.25, -0.2) is 0 Å². The van der Waals surface area contributed by atoms with Crippen molar-refractivity contribution in [1.82, 2.24) is 0 Å². The van der Waals surface area contributed by atoms with Gasteiger partial charge in [0.05, 0.1) is 17.4 Å². The van der Waals surface area contributed by atoms with Crippen LogP contribution in [0.2, 0.25) is 0 Å². The van der Waals surface area contributed by atoms with Crippen molar-refractivity contribution in [3.63, 3.8) is 0 Å². The molecule has 3 rings (SSSR count). The Hall–Kier alpha value is -2.50. The first kappa shape index (κ1) is 17.3. The van der Waals surface area contributed by atoms with Crippen LogP contribution in [0.5, 0.6) is 0 Å². The topological polar surface area (TPSA) is 41.6 Å². The summed E-state index contributed by atoms with van der Waals surface area (Å²) in [6, 6.07) is 15.2. The third-order valence-corrected chi connectivity index (χ3v) is 4.29. The molecule has 2 aromatic rings. The molecule has 6 heteroatoms. The molecule has 0 bridgehead atoms. The van der Waals surface area contributed by atoms with Gasteiger partial charge < -0.3 is 10.6 Å². The first-order chi connectivity index (χ1) is 11.9. The van der Waals surface area contributed by atoms with Crippen molar-refractivity contribution < 1.29 is 13.2 Å². The lowest BCUT2D eigenvalue weighted by atomic mass is 10.1. The maximum absolute atomic E-state index is 12.8. The van der Waals surface area contributed by atoms with Crippen LogP contribution in [0.3, 0.4) is 0 Å². The van der Waals surface area contributed by atoms with Gasteiger partial charge in [0.25, 0.3) is 0 Å². The van der Waals surface area contributed by atoms with Crippen molar-refractivity contribution in [3.8, 4) is 0 Å². The monoisotopic (exact) mass is 347 g/mol. The molecule has 0 aliphatic carbocycles. The van der Waals surface area contributed by atoms with E-state index in [-0.39, 0.29) is 6.04 Å². The molecule has 0 radical (unpaired) electrons. The average molecular weight is 347 g/mol. The molecule has 0 aromatic heterocycles. The van der Waals surface area contributed by atoms with Gasteiger partial charge in [-0.2, -0.15) is 13.2 Å². The highest BCUT2D eigenvalue weighted by Gasteiger charge is 2.30. The summed E-state index contributed by atoms with van der Waals surface area (Å²) in [5, 5.41) is 0. The number of halogens is 3. The normalized spacial score (nSPS) is 17.4. The van der Waals surface area contributed by atoms with E-state index in [2.05, 4.69) is 9.89 Å². The van der Waals surface area contributed by atoms with Gasteiger partial charge in [0.2, 0.25) is 0 Å². The van der Waals surface area contributed by atoms with E-state index >= 15 is 0 Å². The molecule has 132 valence electrons. The maximum Gasteiger partial charge on any atom is 0.416 e. The highest BCUT2D eigenvalue weighted by molar-refractivity contribution is 5.82. The second-order valence-corrected chi connectivity index (χ2v) is 6.22. The zero-order valence-electron chi connectivity index (χ0n) is 13.7. The third-order valence-electron chi connectivity index (χ3n) is 4.29. The molecular formula is C19H20F3N3. The molecule has 0 fully saturated rings. The first-order valence-corrected chi connectivity index (χ1v) is 8.20. The SMILES string of the molecule is NC1=N[C@@H](CN(Cc2ccccc2)c2ccc(C(F)(F)F)cc2)CC1. The standard InChI is InChI=1S/C19H20F3N3/c20-19(21,22)15-6-9-17(10-7-15)25(12-14-4-2-1-3-5-14)13-16-8-11-18(23)24-16/h1-7,9-10,16H,8,11-13H2,(H2,23,24)/t16-/m1/s1. The molecule has 0 saturated heterocycles. The van der Waals surface area contributed by atoms with Crippen LogP contribution in [0.4, 0.5) is 18.9 Å². The summed E-state index contributed by atoms with van der Waals surface area (Å²) < 4.78 is 38.4. The van der Waals surface area contributed by atoms with E-state index in [1.165, 1.54) is 12.1 Å². The third kappa shape index (κ3) is 4.53. The Morgan fingerprint density at radius 3 is 2.28 bits per heavy atom. The number of alkyl halides is 3. The zero-order valence-corrected chi connectivity index (χ0v) is 13.7. The number of amidine groups is 1. The van der Waals surface area contributed by atoms with Crippen LogP contribution in [0, 0.1) is 0 Å². The lowest BCUT2D eigenvalue weighted by Crippen LogP contribution is -2.30. The predicted molar refractivity (Wildman–Crippen MR) is 93.6 cm³/mol. The Kier molecular flexibility index (Phi) is 4.97. The Morgan fingerprint density at radius 2 is 1.72 bits per heavy atom. The number of anilines is 1. The molecule has 0 saturated carbocycles. The van der Waals surface area contributed by atoms with Crippen molar-refractivity contribution in [2.75, 3.05) is 11.4 Å². The predicted octanol–water partition coefficient (Wildman–Crippen LogP) is 4.23. The molecule has 0 amide bonds. The van der Waals surface area contributed by atoms with E-state index in [9.17, 15) is 13.2 Å².